The number of nitrogens with zero attached hydrogens (tertiary/aromatic N) is 3. The summed E-state index contributed by atoms with van der Waals surface area (Å²) in [4.78, 5) is 4.56. The number of rotatable bonds is 1. The van der Waals surface area contributed by atoms with Gasteiger partial charge in [0.15, 0.2) is 5.65 Å². The van der Waals surface area contributed by atoms with E-state index in [1.807, 2.05) is 16.9 Å². The number of halogens is 1. The minimum Gasteiger partial charge on any atom is -0.236 e. The van der Waals surface area contributed by atoms with Crippen molar-refractivity contribution in [1.29, 1.82) is 0 Å². The zero-order valence-corrected chi connectivity index (χ0v) is 11.0. The number of aromatic nitrogens is 3. The Kier molecular flexibility index (Phi) is 2.55. The molecule has 4 heteroatoms. The Morgan fingerprint density at radius 2 is 1.80 bits per heavy atom. The van der Waals surface area contributed by atoms with E-state index in [9.17, 15) is 4.39 Å². The lowest BCUT2D eigenvalue weighted by Gasteiger charge is -2.15. The molecule has 2 aromatic heterocycles. The highest BCUT2D eigenvalue weighted by Gasteiger charge is 2.16. The minimum atomic E-state index is -0.226. The Hall–Kier alpha value is -2.23. The number of hydrogen-bond acceptors (Lipinski definition) is 2. The second kappa shape index (κ2) is 4.40. The molecule has 0 aliphatic heterocycles. The molecule has 4 rings (SSSR count). The van der Waals surface area contributed by atoms with Gasteiger partial charge in [0.2, 0.25) is 0 Å². The van der Waals surface area contributed by atoms with Gasteiger partial charge in [-0.2, -0.15) is 5.10 Å². The van der Waals surface area contributed by atoms with Crippen LogP contribution < -0.4 is 0 Å². The van der Waals surface area contributed by atoms with Gasteiger partial charge >= 0.3 is 0 Å². The van der Waals surface area contributed by atoms with Gasteiger partial charge in [-0.3, -0.25) is 0 Å². The lowest BCUT2D eigenvalue weighted by molar-refractivity contribution is 0.628. The van der Waals surface area contributed by atoms with Gasteiger partial charge in [0.1, 0.15) is 5.82 Å². The molecule has 1 aliphatic carbocycles. The maximum Gasteiger partial charge on any atom is 0.163 e. The summed E-state index contributed by atoms with van der Waals surface area (Å²) in [5.74, 6) is -0.226. The monoisotopic (exact) mass is 267 g/mol. The van der Waals surface area contributed by atoms with E-state index < -0.39 is 0 Å². The second-order valence-electron chi connectivity index (χ2n) is 5.24. The summed E-state index contributed by atoms with van der Waals surface area (Å²) in [6, 6.07) is 6.48. The molecule has 0 unspecified atom stereocenters. The maximum atomic E-state index is 13.0. The molecule has 3 aromatic rings. The summed E-state index contributed by atoms with van der Waals surface area (Å²) in [7, 11) is 0. The quantitative estimate of drug-likeness (QED) is 0.676. The van der Waals surface area contributed by atoms with Crippen LogP contribution in [0.15, 0.2) is 36.7 Å². The SMILES string of the molecule is Fc1ccc(-c2cnn3c4c(cnc23)CCCC4)cc1. The van der Waals surface area contributed by atoms with Crippen molar-refractivity contribution in [3.63, 3.8) is 0 Å². The highest BCUT2D eigenvalue weighted by molar-refractivity contribution is 5.77. The summed E-state index contributed by atoms with van der Waals surface area (Å²) in [6.07, 6.45) is 8.37. The van der Waals surface area contributed by atoms with Gasteiger partial charge in [0.25, 0.3) is 0 Å². The molecule has 0 radical (unpaired) electrons. The molecule has 0 amide bonds. The molecular formula is C16H14FN3. The van der Waals surface area contributed by atoms with Crippen molar-refractivity contribution in [2.75, 3.05) is 0 Å². The fourth-order valence-corrected chi connectivity index (χ4v) is 2.93. The molecule has 0 fully saturated rings. The molecule has 0 atom stereocenters. The molecule has 2 heterocycles. The molecule has 1 aromatic carbocycles. The molecule has 1 aliphatic rings. The van der Waals surface area contributed by atoms with E-state index in [0.717, 1.165) is 29.6 Å². The van der Waals surface area contributed by atoms with Gasteiger partial charge in [0.05, 0.1) is 6.20 Å². The van der Waals surface area contributed by atoms with Gasteiger partial charge in [-0.1, -0.05) is 12.1 Å². The van der Waals surface area contributed by atoms with Crippen LogP contribution in [0.2, 0.25) is 0 Å². The zero-order valence-electron chi connectivity index (χ0n) is 11.0. The van der Waals surface area contributed by atoms with Gasteiger partial charge < -0.3 is 0 Å². The van der Waals surface area contributed by atoms with E-state index in [1.54, 1.807) is 12.1 Å². The van der Waals surface area contributed by atoms with Gasteiger partial charge in [-0.25, -0.2) is 13.9 Å². The Bertz CT molecular complexity index is 774. The fourth-order valence-electron chi connectivity index (χ4n) is 2.93. The molecule has 0 bridgehead atoms. The second-order valence-corrected chi connectivity index (χ2v) is 5.24. The van der Waals surface area contributed by atoms with Crippen molar-refractivity contribution in [3.05, 3.63) is 53.7 Å². The first-order valence-electron chi connectivity index (χ1n) is 6.93. The largest absolute Gasteiger partial charge is 0.236 e. The van der Waals surface area contributed by atoms with Gasteiger partial charge in [-0.05, 0) is 48.9 Å². The first kappa shape index (κ1) is 11.6. The van der Waals surface area contributed by atoms with E-state index >= 15 is 0 Å². The minimum absolute atomic E-state index is 0.226. The maximum absolute atomic E-state index is 13.0. The number of hydrogen-bond donors (Lipinski definition) is 0. The van der Waals surface area contributed by atoms with E-state index in [-0.39, 0.29) is 5.82 Å². The van der Waals surface area contributed by atoms with E-state index in [2.05, 4.69) is 10.1 Å². The van der Waals surface area contributed by atoms with Crippen molar-refractivity contribution in [2.45, 2.75) is 25.7 Å². The van der Waals surface area contributed by atoms with Crippen molar-refractivity contribution in [1.82, 2.24) is 14.6 Å². The lowest BCUT2D eigenvalue weighted by atomic mass is 9.97. The smallest absolute Gasteiger partial charge is 0.163 e. The van der Waals surface area contributed by atoms with Crippen LogP contribution in [0.4, 0.5) is 4.39 Å². The molecular weight excluding hydrogens is 253 g/mol. The van der Waals surface area contributed by atoms with Crippen LogP contribution in [0.5, 0.6) is 0 Å². The molecule has 0 saturated heterocycles. The topological polar surface area (TPSA) is 30.2 Å². The zero-order chi connectivity index (χ0) is 13.5. The normalized spacial score (nSPS) is 14.4. The predicted molar refractivity (Wildman–Crippen MR) is 75.0 cm³/mol. The van der Waals surface area contributed by atoms with Crippen LogP contribution >= 0.6 is 0 Å². The Labute approximate surface area is 116 Å². The van der Waals surface area contributed by atoms with Crippen LogP contribution in [0, 0.1) is 5.82 Å². The summed E-state index contributed by atoms with van der Waals surface area (Å²) < 4.78 is 15.0. The molecule has 20 heavy (non-hydrogen) atoms. The van der Waals surface area contributed by atoms with Gasteiger partial charge in [-0.15, -0.1) is 0 Å². The summed E-state index contributed by atoms with van der Waals surface area (Å²) in [5.41, 5.74) is 5.34. The first-order chi connectivity index (χ1) is 9.83. The van der Waals surface area contributed by atoms with Crippen LogP contribution in [-0.2, 0) is 12.8 Å². The van der Waals surface area contributed by atoms with E-state index in [0.29, 0.717) is 0 Å². The number of aryl methyl sites for hydroxylation is 2. The third kappa shape index (κ3) is 1.72. The summed E-state index contributed by atoms with van der Waals surface area (Å²) >= 11 is 0. The average molecular weight is 267 g/mol. The molecule has 0 saturated carbocycles. The van der Waals surface area contributed by atoms with E-state index in [1.165, 1.54) is 36.2 Å². The van der Waals surface area contributed by atoms with Crippen LogP contribution in [0.3, 0.4) is 0 Å². The third-order valence-electron chi connectivity index (χ3n) is 3.98. The average Bonchev–Trinajstić information content (AvgIpc) is 2.92. The molecule has 0 spiro atoms. The standard InChI is InChI=1S/C16H14FN3/c17-13-7-5-11(6-8-13)14-10-19-20-15-4-2-1-3-12(15)9-18-16(14)20/h5-10H,1-4H2. The van der Waals surface area contributed by atoms with Crippen molar-refractivity contribution < 1.29 is 4.39 Å². The first-order valence-corrected chi connectivity index (χ1v) is 6.93. The molecule has 100 valence electrons. The van der Waals surface area contributed by atoms with Crippen molar-refractivity contribution >= 4 is 5.65 Å². The van der Waals surface area contributed by atoms with Crippen LogP contribution in [0.25, 0.3) is 16.8 Å². The van der Waals surface area contributed by atoms with Crippen LogP contribution in [-0.4, -0.2) is 14.6 Å². The number of fused-ring (bicyclic) bond motifs is 3. The Balaban J connectivity index is 1.92. The van der Waals surface area contributed by atoms with E-state index in [4.69, 9.17) is 0 Å². The van der Waals surface area contributed by atoms with Crippen molar-refractivity contribution in [3.8, 4) is 11.1 Å². The predicted octanol–water partition coefficient (Wildman–Crippen LogP) is 3.41. The lowest BCUT2D eigenvalue weighted by Crippen LogP contribution is -2.10. The number of benzene rings is 1. The van der Waals surface area contributed by atoms with Gasteiger partial charge in [0, 0.05) is 17.5 Å². The fraction of sp³-hybridized carbons (Fsp3) is 0.250. The Morgan fingerprint density at radius 1 is 1.00 bits per heavy atom. The summed E-state index contributed by atoms with van der Waals surface area (Å²) in [5, 5.41) is 4.49. The van der Waals surface area contributed by atoms with Crippen LogP contribution in [0.1, 0.15) is 24.1 Å². The highest BCUT2D eigenvalue weighted by Crippen LogP contribution is 2.27. The molecule has 0 N–H and O–H groups in total. The highest BCUT2D eigenvalue weighted by atomic mass is 19.1. The Morgan fingerprint density at radius 3 is 2.65 bits per heavy atom. The third-order valence-corrected chi connectivity index (χ3v) is 3.98. The summed E-state index contributed by atoms with van der Waals surface area (Å²) in [6.45, 7) is 0. The van der Waals surface area contributed by atoms with Crippen molar-refractivity contribution in [2.24, 2.45) is 0 Å². The molecule has 3 nitrogen and oxygen atoms in total.